The smallest absolute Gasteiger partial charge is 0.266 e. The Balaban J connectivity index is 1.75. The van der Waals surface area contributed by atoms with Crippen LogP contribution in [0, 0.1) is 6.92 Å². The number of hydrogen-bond donors (Lipinski definition) is 2. The first-order valence-corrected chi connectivity index (χ1v) is 13.7. The highest BCUT2D eigenvalue weighted by atomic mass is 32.2. The molecule has 1 fully saturated rings. The number of anilines is 2. The Morgan fingerprint density at radius 2 is 1.81 bits per heavy atom. The number of alkyl halides is 2. The third-order valence-corrected chi connectivity index (χ3v) is 6.95. The summed E-state index contributed by atoms with van der Waals surface area (Å²) in [5.41, 5.74) is 2.17. The van der Waals surface area contributed by atoms with Gasteiger partial charge in [-0.25, -0.2) is 26.9 Å². The van der Waals surface area contributed by atoms with E-state index < -0.39 is 27.9 Å². The van der Waals surface area contributed by atoms with Gasteiger partial charge in [-0.15, -0.1) is 0 Å². The summed E-state index contributed by atoms with van der Waals surface area (Å²) in [6.07, 6.45) is 0.271. The number of halogens is 2. The third kappa shape index (κ3) is 5.74. The summed E-state index contributed by atoms with van der Waals surface area (Å²) in [6, 6.07) is 9.64. The first kappa shape index (κ1) is 26.5. The maximum atomic E-state index is 13.7. The van der Waals surface area contributed by atoms with Crippen LogP contribution in [0.25, 0.3) is 10.9 Å². The SMILES string of the molecule is Cc1cc([C@@H](C)Nc2ccccc2C(=O)NS(C)(=O)=O)c2nc(N3CCC(F)(F)CC3)n(C)c(=O)c2c1. The van der Waals surface area contributed by atoms with Gasteiger partial charge in [-0.3, -0.25) is 14.2 Å². The van der Waals surface area contributed by atoms with Crippen LogP contribution in [-0.4, -0.2) is 49.1 Å². The minimum atomic E-state index is -3.76. The van der Waals surface area contributed by atoms with Crippen LogP contribution in [0.1, 0.15) is 47.3 Å². The Kier molecular flexibility index (Phi) is 6.97. The number of carbonyl (C=O) groups excluding carboxylic acids is 1. The van der Waals surface area contributed by atoms with E-state index in [1.165, 1.54) is 10.6 Å². The molecule has 0 bridgehead atoms. The van der Waals surface area contributed by atoms with Crippen molar-refractivity contribution in [3.63, 3.8) is 0 Å². The molecule has 12 heteroatoms. The summed E-state index contributed by atoms with van der Waals surface area (Å²) >= 11 is 0. The van der Waals surface area contributed by atoms with E-state index in [1.54, 1.807) is 36.2 Å². The van der Waals surface area contributed by atoms with Crippen molar-refractivity contribution in [2.75, 3.05) is 29.6 Å². The zero-order valence-electron chi connectivity index (χ0n) is 21.0. The van der Waals surface area contributed by atoms with Crippen molar-refractivity contribution in [1.29, 1.82) is 0 Å². The number of hydrogen-bond acceptors (Lipinski definition) is 7. The van der Waals surface area contributed by atoms with Gasteiger partial charge in [0, 0.05) is 44.2 Å². The van der Waals surface area contributed by atoms with Gasteiger partial charge in [0.05, 0.1) is 28.8 Å². The van der Waals surface area contributed by atoms with E-state index >= 15 is 0 Å². The van der Waals surface area contributed by atoms with Crippen LogP contribution in [0.15, 0.2) is 41.2 Å². The first-order chi connectivity index (χ1) is 17.3. The normalized spacial score (nSPS) is 16.4. The highest BCUT2D eigenvalue weighted by molar-refractivity contribution is 7.89. The van der Waals surface area contributed by atoms with Crippen molar-refractivity contribution in [3.05, 3.63) is 63.4 Å². The Hall–Kier alpha value is -3.54. The predicted molar refractivity (Wildman–Crippen MR) is 139 cm³/mol. The van der Waals surface area contributed by atoms with Crippen LogP contribution in [0.5, 0.6) is 0 Å². The molecule has 0 saturated carbocycles. The molecule has 198 valence electrons. The Bertz CT molecular complexity index is 1530. The number of nitrogens with zero attached hydrogens (tertiary/aromatic N) is 3. The van der Waals surface area contributed by atoms with E-state index in [9.17, 15) is 26.8 Å². The van der Waals surface area contributed by atoms with Gasteiger partial charge < -0.3 is 10.2 Å². The molecule has 1 saturated heterocycles. The summed E-state index contributed by atoms with van der Waals surface area (Å²) in [6.45, 7) is 3.84. The predicted octanol–water partition coefficient (Wildman–Crippen LogP) is 3.34. The molecule has 0 spiro atoms. The number of aryl methyl sites for hydroxylation is 1. The van der Waals surface area contributed by atoms with E-state index in [1.807, 2.05) is 24.6 Å². The number of benzene rings is 2. The van der Waals surface area contributed by atoms with Crippen molar-refractivity contribution >= 4 is 38.5 Å². The second-order valence-corrected chi connectivity index (χ2v) is 11.2. The second-order valence-electron chi connectivity index (χ2n) is 9.48. The molecule has 0 radical (unpaired) electrons. The maximum absolute atomic E-state index is 13.7. The van der Waals surface area contributed by atoms with Crippen LogP contribution in [0.3, 0.4) is 0 Å². The molecule has 1 atom stereocenters. The number of aromatic nitrogens is 2. The molecule has 2 heterocycles. The van der Waals surface area contributed by atoms with Gasteiger partial charge in [0.1, 0.15) is 0 Å². The molecule has 9 nitrogen and oxygen atoms in total. The van der Waals surface area contributed by atoms with Gasteiger partial charge in [-0.05, 0) is 37.6 Å². The summed E-state index contributed by atoms with van der Waals surface area (Å²) in [5.74, 6) is -3.19. The maximum Gasteiger partial charge on any atom is 0.266 e. The molecule has 1 aromatic heterocycles. The fraction of sp³-hybridized carbons (Fsp3) is 0.400. The highest BCUT2D eigenvalue weighted by Crippen LogP contribution is 2.32. The zero-order valence-corrected chi connectivity index (χ0v) is 21.8. The number of para-hydroxylation sites is 1. The lowest BCUT2D eigenvalue weighted by atomic mass is 10.0. The van der Waals surface area contributed by atoms with Crippen molar-refractivity contribution < 1.29 is 22.0 Å². The molecule has 0 unspecified atom stereocenters. The van der Waals surface area contributed by atoms with Gasteiger partial charge in [0.15, 0.2) is 0 Å². The lowest BCUT2D eigenvalue weighted by Crippen LogP contribution is -2.42. The van der Waals surface area contributed by atoms with Crippen molar-refractivity contribution in [2.45, 2.75) is 38.7 Å². The molecule has 1 amide bonds. The lowest BCUT2D eigenvalue weighted by molar-refractivity contribution is -0.0223. The van der Waals surface area contributed by atoms with Crippen molar-refractivity contribution in [1.82, 2.24) is 14.3 Å². The Labute approximate surface area is 213 Å². The number of sulfonamides is 1. The van der Waals surface area contributed by atoms with Gasteiger partial charge >= 0.3 is 0 Å². The number of fused-ring (bicyclic) bond motifs is 1. The zero-order chi connectivity index (χ0) is 27.1. The lowest BCUT2D eigenvalue weighted by Gasteiger charge is -2.33. The Morgan fingerprint density at radius 1 is 1.16 bits per heavy atom. The van der Waals surface area contributed by atoms with E-state index in [0.29, 0.717) is 28.1 Å². The van der Waals surface area contributed by atoms with E-state index in [0.717, 1.165) is 11.8 Å². The molecule has 2 aromatic carbocycles. The third-order valence-electron chi connectivity index (χ3n) is 6.40. The molecule has 1 aliphatic rings. The monoisotopic (exact) mass is 533 g/mol. The van der Waals surface area contributed by atoms with Crippen molar-refractivity contribution in [3.8, 4) is 0 Å². The minimum Gasteiger partial charge on any atom is -0.378 e. The number of amides is 1. The largest absolute Gasteiger partial charge is 0.378 e. The molecular weight excluding hydrogens is 504 g/mol. The van der Waals surface area contributed by atoms with Gasteiger partial charge in [0.2, 0.25) is 16.0 Å². The van der Waals surface area contributed by atoms with E-state index in [-0.39, 0.29) is 37.1 Å². The number of piperidine rings is 1. The second kappa shape index (κ2) is 9.73. The molecule has 37 heavy (non-hydrogen) atoms. The summed E-state index contributed by atoms with van der Waals surface area (Å²) in [5, 5.41) is 3.63. The topological polar surface area (TPSA) is 113 Å². The summed E-state index contributed by atoms with van der Waals surface area (Å²) < 4.78 is 54.0. The van der Waals surface area contributed by atoms with Crippen LogP contribution in [0.4, 0.5) is 20.4 Å². The minimum absolute atomic E-state index is 0.0800. The average molecular weight is 534 g/mol. The summed E-state index contributed by atoms with van der Waals surface area (Å²) in [4.78, 5) is 32.3. The first-order valence-electron chi connectivity index (χ1n) is 11.8. The van der Waals surface area contributed by atoms with E-state index in [2.05, 4.69) is 5.32 Å². The van der Waals surface area contributed by atoms with Crippen molar-refractivity contribution in [2.24, 2.45) is 7.05 Å². The molecule has 1 aliphatic heterocycles. The molecule has 3 aromatic rings. The average Bonchev–Trinajstić information content (AvgIpc) is 2.80. The Morgan fingerprint density at radius 3 is 2.46 bits per heavy atom. The fourth-order valence-electron chi connectivity index (χ4n) is 4.53. The number of nitrogens with one attached hydrogen (secondary N) is 2. The highest BCUT2D eigenvalue weighted by Gasteiger charge is 2.35. The van der Waals surface area contributed by atoms with Gasteiger partial charge in [0.25, 0.3) is 17.4 Å². The molecule has 4 rings (SSSR count). The van der Waals surface area contributed by atoms with Crippen LogP contribution in [-0.2, 0) is 17.1 Å². The quantitative estimate of drug-likeness (QED) is 0.500. The van der Waals surface area contributed by atoms with Crippen LogP contribution in [0.2, 0.25) is 0 Å². The van der Waals surface area contributed by atoms with E-state index in [4.69, 9.17) is 4.98 Å². The molecule has 0 aliphatic carbocycles. The number of rotatable bonds is 6. The number of carbonyl (C=O) groups is 1. The summed E-state index contributed by atoms with van der Waals surface area (Å²) in [7, 11) is -2.18. The fourth-order valence-corrected chi connectivity index (χ4v) is 4.98. The standard InChI is InChI=1S/C25H29F2N5O4S/c1-15-13-18(16(2)28-20-8-6-5-7-17(20)22(33)30-37(4,35)36)21-19(14-15)23(34)31(3)24(29-21)32-11-9-25(26,27)10-12-32/h5-8,13-14,16,28H,9-12H2,1-4H3,(H,30,33)/t16-/m1/s1. The van der Waals surface area contributed by atoms with Gasteiger partial charge in [-0.1, -0.05) is 18.2 Å². The molecular formula is C25H29F2N5O4S. The van der Waals surface area contributed by atoms with Gasteiger partial charge in [-0.2, -0.15) is 0 Å². The van der Waals surface area contributed by atoms with Crippen LogP contribution < -0.4 is 20.5 Å². The van der Waals surface area contributed by atoms with Crippen LogP contribution >= 0.6 is 0 Å². The molecule has 2 N–H and O–H groups in total.